The fourth-order valence-electron chi connectivity index (χ4n) is 2.81. The minimum Gasteiger partial charge on any atom is -0.476 e. The van der Waals surface area contributed by atoms with Gasteiger partial charge in [-0.2, -0.15) is 9.78 Å². The van der Waals surface area contributed by atoms with E-state index in [2.05, 4.69) is 5.10 Å². The van der Waals surface area contributed by atoms with Gasteiger partial charge in [0.15, 0.2) is 5.69 Å². The zero-order chi connectivity index (χ0) is 18.7. The van der Waals surface area contributed by atoms with Crippen LogP contribution in [0.1, 0.15) is 28.9 Å². The quantitative estimate of drug-likeness (QED) is 0.879. The number of aromatic nitrogens is 2. The number of benzene rings is 1. The Labute approximate surface area is 153 Å². The maximum Gasteiger partial charge on any atom is 0.356 e. The molecule has 3 rings (SSSR count). The number of piperidine rings is 1. The van der Waals surface area contributed by atoms with Crippen molar-refractivity contribution in [2.24, 2.45) is 0 Å². The van der Waals surface area contributed by atoms with E-state index in [-0.39, 0.29) is 24.4 Å². The van der Waals surface area contributed by atoms with E-state index >= 15 is 0 Å². The molecule has 1 saturated heterocycles. The topological polar surface area (TPSA) is 84.7 Å². The summed E-state index contributed by atoms with van der Waals surface area (Å²) in [7, 11) is 0. The second-order valence-electron chi connectivity index (χ2n) is 6.01. The van der Waals surface area contributed by atoms with Gasteiger partial charge in [-0.25, -0.2) is 14.0 Å². The number of carboxylic acid groups (broad SMARTS) is 1. The molecule has 138 valence electrons. The summed E-state index contributed by atoms with van der Waals surface area (Å²) in [4.78, 5) is 24.8. The van der Waals surface area contributed by atoms with Crippen molar-refractivity contribution in [2.75, 3.05) is 13.1 Å². The molecule has 0 aliphatic carbocycles. The van der Waals surface area contributed by atoms with Crippen LogP contribution in [-0.4, -0.2) is 51.0 Å². The zero-order valence-corrected chi connectivity index (χ0v) is 14.5. The van der Waals surface area contributed by atoms with Crippen molar-refractivity contribution in [1.82, 2.24) is 14.7 Å². The van der Waals surface area contributed by atoms with Crippen molar-refractivity contribution in [3.8, 4) is 0 Å². The number of carboxylic acids is 1. The molecule has 1 aliphatic heterocycles. The number of carbonyl (C=O) groups is 2. The number of hydrogen-bond donors (Lipinski definition) is 1. The van der Waals surface area contributed by atoms with E-state index in [1.54, 1.807) is 11.0 Å². The molecule has 0 bridgehead atoms. The van der Waals surface area contributed by atoms with Gasteiger partial charge in [-0.1, -0.05) is 11.6 Å². The average Bonchev–Trinajstić information content (AvgIpc) is 3.09. The number of hydrogen-bond acceptors (Lipinski definition) is 4. The summed E-state index contributed by atoms with van der Waals surface area (Å²) in [6.07, 6.45) is 2.54. The Kier molecular flexibility index (Phi) is 5.53. The molecule has 2 aromatic rings. The van der Waals surface area contributed by atoms with Crippen LogP contribution in [0, 0.1) is 5.82 Å². The molecule has 1 N–H and O–H groups in total. The molecule has 0 atom stereocenters. The van der Waals surface area contributed by atoms with Gasteiger partial charge in [0, 0.05) is 24.3 Å². The maximum atomic E-state index is 13.3. The number of halogens is 2. The molecule has 7 nitrogen and oxygen atoms in total. The zero-order valence-electron chi connectivity index (χ0n) is 13.8. The van der Waals surface area contributed by atoms with E-state index in [1.165, 1.54) is 24.4 Å². The predicted octanol–water partition coefficient (Wildman–Crippen LogP) is 3.02. The van der Waals surface area contributed by atoms with Crippen LogP contribution in [0.4, 0.5) is 9.18 Å². The summed E-state index contributed by atoms with van der Waals surface area (Å²) in [5.41, 5.74) is 0.483. The van der Waals surface area contributed by atoms with Gasteiger partial charge in [-0.3, -0.25) is 0 Å². The van der Waals surface area contributed by atoms with Crippen LogP contribution in [0.15, 0.2) is 30.5 Å². The molecule has 0 radical (unpaired) electrons. The first-order chi connectivity index (χ1) is 12.4. The Morgan fingerprint density at radius 3 is 2.65 bits per heavy atom. The predicted molar refractivity (Wildman–Crippen MR) is 90.8 cm³/mol. The first-order valence-corrected chi connectivity index (χ1v) is 8.45. The molecule has 1 fully saturated rings. The molecular weight excluding hydrogens is 365 g/mol. The molecule has 0 unspecified atom stereocenters. The third kappa shape index (κ3) is 4.39. The summed E-state index contributed by atoms with van der Waals surface area (Å²) < 4.78 is 20.1. The summed E-state index contributed by atoms with van der Waals surface area (Å²) in [6.45, 7) is 1.18. The largest absolute Gasteiger partial charge is 0.476 e. The number of nitrogens with zero attached hydrogens (tertiary/aromatic N) is 3. The third-order valence-electron chi connectivity index (χ3n) is 4.12. The van der Waals surface area contributed by atoms with Crippen molar-refractivity contribution in [3.63, 3.8) is 0 Å². The van der Waals surface area contributed by atoms with Gasteiger partial charge in [-0.05, 0) is 42.7 Å². The number of carbonyl (C=O) groups excluding carboxylic acids is 1. The summed E-state index contributed by atoms with van der Waals surface area (Å²) in [5.74, 6) is -1.59. The number of likely N-dealkylation sites (tertiary alicyclic amines) is 1. The van der Waals surface area contributed by atoms with Crippen molar-refractivity contribution in [1.29, 1.82) is 0 Å². The number of aromatic carboxylic acids is 1. The van der Waals surface area contributed by atoms with Gasteiger partial charge in [-0.15, -0.1) is 0 Å². The second kappa shape index (κ2) is 7.84. The minimum absolute atomic E-state index is 0.0479. The van der Waals surface area contributed by atoms with Gasteiger partial charge in [0.05, 0.1) is 12.7 Å². The standard InChI is InChI=1S/C17H17ClFN3O4/c18-12-7-11(8-13(19)9-12)10-26-14-1-4-21(5-2-14)17(25)22-6-3-15(20-22)16(23)24/h3,6-9,14H,1-2,4-5,10H2,(H,23,24). The van der Waals surface area contributed by atoms with Crippen molar-refractivity contribution < 1.29 is 23.8 Å². The SMILES string of the molecule is O=C(O)c1ccn(C(=O)N2CCC(OCc3cc(F)cc(Cl)c3)CC2)n1. The Bertz CT molecular complexity index is 798. The summed E-state index contributed by atoms with van der Waals surface area (Å²) in [6, 6.07) is 5.18. The van der Waals surface area contributed by atoms with E-state index in [4.69, 9.17) is 21.4 Å². The van der Waals surface area contributed by atoms with Crippen LogP contribution in [0.3, 0.4) is 0 Å². The third-order valence-corrected chi connectivity index (χ3v) is 4.34. The van der Waals surface area contributed by atoms with Crippen molar-refractivity contribution in [3.05, 3.63) is 52.6 Å². The lowest BCUT2D eigenvalue weighted by Gasteiger charge is -2.31. The van der Waals surface area contributed by atoms with Crippen LogP contribution in [-0.2, 0) is 11.3 Å². The molecular formula is C17H17ClFN3O4. The van der Waals surface area contributed by atoms with E-state index in [0.717, 1.165) is 4.68 Å². The monoisotopic (exact) mass is 381 g/mol. The van der Waals surface area contributed by atoms with Gasteiger partial charge in [0.1, 0.15) is 5.82 Å². The van der Waals surface area contributed by atoms with E-state index in [9.17, 15) is 14.0 Å². The minimum atomic E-state index is -1.18. The van der Waals surface area contributed by atoms with Gasteiger partial charge >= 0.3 is 12.0 Å². The Morgan fingerprint density at radius 2 is 2.04 bits per heavy atom. The van der Waals surface area contributed by atoms with E-state index < -0.39 is 11.8 Å². The summed E-state index contributed by atoms with van der Waals surface area (Å²) in [5, 5.41) is 12.9. The highest BCUT2D eigenvalue weighted by atomic mass is 35.5. The molecule has 1 amide bonds. The highest BCUT2D eigenvalue weighted by Gasteiger charge is 2.25. The Morgan fingerprint density at radius 1 is 1.31 bits per heavy atom. The van der Waals surface area contributed by atoms with Gasteiger partial charge in [0.2, 0.25) is 0 Å². The van der Waals surface area contributed by atoms with Crippen LogP contribution in [0.5, 0.6) is 0 Å². The highest BCUT2D eigenvalue weighted by Crippen LogP contribution is 2.19. The smallest absolute Gasteiger partial charge is 0.356 e. The molecule has 9 heteroatoms. The van der Waals surface area contributed by atoms with Crippen molar-refractivity contribution in [2.45, 2.75) is 25.6 Å². The van der Waals surface area contributed by atoms with Crippen LogP contribution >= 0.6 is 11.6 Å². The molecule has 0 saturated carbocycles. The van der Waals surface area contributed by atoms with Gasteiger partial charge in [0.25, 0.3) is 0 Å². The van der Waals surface area contributed by atoms with Crippen LogP contribution in [0.25, 0.3) is 0 Å². The molecule has 2 heterocycles. The Balaban J connectivity index is 1.50. The van der Waals surface area contributed by atoms with Crippen molar-refractivity contribution >= 4 is 23.6 Å². The van der Waals surface area contributed by atoms with Crippen LogP contribution < -0.4 is 0 Å². The molecule has 1 aliphatic rings. The first kappa shape index (κ1) is 18.3. The molecule has 0 spiro atoms. The fourth-order valence-corrected chi connectivity index (χ4v) is 3.06. The lowest BCUT2D eigenvalue weighted by Crippen LogP contribution is -2.43. The second-order valence-corrected chi connectivity index (χ2v) is 6.44. The summed E-state index contributed by atoms with van der Waals surface area (Å²) >= 11 is 5.82. The average molecular weight is 382 g/mol. The molecule has 26 heavy (non-hydrogen) atoms. The van der Waals surface area contributed by atoms with E-state index in [0.29, 0.717) is 36.5 Å². The highest BCUT2D eigenvalue weighted by molar-refractivity contribution is 6.30. The normalized spacial score (nSPS) is 15.2. The number of ether oxygens (including phenoxy) is 1. The lowest BCUT2D eigenvalue weighted by molar-refractivity contribution is 0.00427. The number of rotatable bonds is 4. The van der Waals surface area contributed by atoms with Gasteiger partial charge < -0.3 is 14.7 Å². The van der Waals surface area contributed by atoms with Crippen LogP contribution in [0.2, 0.25) is 5.02 Å². The molecule has 1 aromatic carbocycles. The molecule has 1 aromatic heterocycles. The lowest BCUT2D eigenvalue weighted by atomic mass is 10.1. The van der Waals surface area contributed by atoms with E-state index in [1.807, 2.05) is 0 Å². The number of amides is 1. The Hall–Kier alpha value is -2.45. The first-order valence-electron chi connectivity index (χ1n) is 8.07. The maximum absolute atomic E-state index is 13.3. The fraction of sp³-hybridized carbons (Fsp3) is 0.353.